The molecule has 0 saturated heterocycles. The van der Waals surface area contributed by atoms with E-state index in [1.165, 1.54) is 7.11 Å². The maximum atomic E-state index is 11.6. The minimum absolute atomic E-state index is 0.205. The van der Waals surface area contributed by atoms with Gasteiger partial charge in [0.05, 0.1) is 7.11 Å². The lowest BCUT2D eigenvalue weighted by atomic mass is 10.2. The molecule has 0 fully saturated rings. The molecule has 0 bridgehead atoms. The lowest BCUT2D eigenvalue weighted by Crippen LogP contribution is -2.24. The van der Waals surface area contributed by atoms with Crippen molar-refractivity contribution in [2.45, 2.75) is 13.0 Å². The van der Waals surface area contributed by atoms with E-state index >= 15 is 0 Å². The third-order valence-corrected chi connectivity index (χ3v) is 3.09. The Morgan fingerprint density at radius 3 is 2.68 bits per heavy atom. The number of nitrogens with one attached hydrogen (secondary N) is 1. The second-order valence-electron chi connectivity index (χ2n) is 4.94. The molecule has 0 radical (unpaired) electrons. The minimum atomic E-state index is -0.508. The normalized spacial score (nSPS) is 9.48. The highest BCUT2D eigenvalue weighted by atomic mass is 16.5. The fraction of sp³-hybridized carbons (Fsp3) is 0.211. The first-order valence-electron chi connectivity index (χ1n) is 7.68. The highest BCUT2D eigenvalue weighted by Gasteiger charge is 2.06. The largest absolute Gasteiger partial charge is 0.464 e. The van der Waals surface area contributed by atoms with Gasteiger partial charge in [-0.15, -0.1) is 0 Å². The first kappa shape index (κ1) is 18.0. The lowest BCUT2D eigenvalue weighted by Gasteiger charge is -2.05. The van der Waals surface area contributed by atoms with Gasteiger partial charge in [-0.3, -0.25) is 0 Å². The highest BCUT2D eigenvalue weighted by molar-refractivity contribution is 5.87. The van der Waals surface area contributed by atoms with E-state index in [1.807, 2.05) is 30.3 Å². The molecule has 1 N–H and O–H groups in total. The average Bonchev–Trinajstić information content (AvgIpc) is 2.66. The van der Waals surface area contributed by atoms with Crippen LogP contribution in [0.4, 0.5) is 4.79 Å². The van der Waals surface area contributed by atoms with Gasteiger partial charge in [-0.05, 0) is 23.6 Å². The molecule has 1 aromatic heterocycles. The van der Waals surface area contributed by atoms with Gasteiger partial charge in [-0.2, -0.15) is 0 Å². The fourth-order valence-corrected chi connectivity index (χ4v) is 1.88. The first-order valence-corrected chi connectivity index (χ1v) is 7.68. The molecule has 0 unspecified atom stereocenters. The minimum Gasteiger partial charge on any atom is -0.464 e. The molecule has 0 atom stereocenters. The molecule has 2 rings (SSSR count). The summed E-state index contributed by atoms with van der Waals surface area (Å²) in [6, 6.07) is 14.4. The molecule has 2 aromatic rings. The summed E-state index contributed by atoms with van der Waals surface area (Å²) in [5.74, 6) is 5.21. The number of ether oxygens (including phenoxy) is 2. The van der Waals surface area contributed by atoms with Gasteiger partial charge < -0.3 is 14.8 Å². The number of amides is 1. The van der Waals surface area contributed by atoms with Gasteiger partial charge in [0, 0.05) is 13.0 Å². The van der Waals surface area contributed by atoms with Crippen molar-refractivity contribution >= 4 is 12.1 Å². The molecule has 1 heterocycles. The fourth-order valence-electron chi connectivity index (χ4n) is 1.88. The molecule has 6 nitrogen and oxygen atoms in total. The van der Waals surface area contributed by atoms with Gasteiger partial charge >= 0.3 is 12.1 Å². The summed E-state index contributed by atoms with van der Waals surface area (Å²) < 4.78 is 9.69. The van der Waals surface area contributed by atoms with E-state index in [1.54, 1.807) is 18.2 Å². The number of hydrogen-bond donors (Lipinski definition) is 1. The molecule has 1 amide bonds. The Hall–Kier alpha value is -3.33. The van der Waals surface area contributed by atoms with Crippen LogP contribution in [0.2, 0.25) is 0 Å². The van der Waals surface area contributed by atoms with E-state index in [0.717, 1.165) is 5.56 Å². The van der Waals surface area contributed by atoms with Gasteiger partial charge in [-0.25, -0.2) is 14.6 Å². The van der Waals surface area contributed by atoms with Crippen molar-refractivity contribution in [3.8, 4) is 11.8 Å². The number of methoxy groups -OCH3 is 1. The smallest absolute Gasteiger partial charge is 0.407 e. The highest BCUT2D eigenvalue weighted by Crippen LogP contribution is 2.01. The SMILES string of the molecule is COC(=O)c1cccc(C#CCCNC(=O)OCc2ccccc2)n1. The lowest BCUT2D eigenvalue weighted by molar-refractivity contribution is 0.0594. The van der Waals surface area contributed by atoms with Crippen LogP contribution in [0.3, 0.4) is 0 Å². The van der Waals surface area contributed by atoms with Crippen molar-refractivity contribution in [3.05, 3.63) is 65.5 Å². The van der Waals surface area contributed by atoms with Crippen molar-refractivity contribution in [2.24, 2.45) is 0 Å². The molecule has 128 valence electrons. The maximum Gasteiger partial charge on any atom is 0.407 e. The van der Waals surface area contributed by atoms with Gasteiger partial charge in [0.15, 0.2) is 0 Å². The molecule has 0 aliphatic carbocycles. The van der Waals surface area contributed by atoms with Crippen LogP contribution in [-0.4, -0.2) is 30.7 Å². The number of hydrogen-bond acceptors (Lipinski definition) is 5. The molecule has 0 saturated carbocycles. The Morgan fingerprint density at radius 1 is 1.12 bits per heavy atom. The van der Waals surface area contributed by atoms with Crippen molar-refractivity contribution in [1.29, 1.82) is 0 Å². The predicted molar refractivity (Wildman–Crippen MR) is 91.7 cm³/mol. The second kappa shape index (κ2) is 9.73. The van der Waals surface area contributed by atoms with Crippen LogP contribution in [0.15, 0.2) is 48.5 Å². The summed E-state index contributed by atoms with van der Waals surface area (Å²) in [5, 5.41) is 2.62. The Labute approximate surface area is 146 Å². The molecule has 25 heavy (non-hydrogen) atoms. The molecule has 1 aromatic carbocycles. The molecule has 6 heteroatoms. The van der Waals surface area contributed by atoms with E-state index in [4.69, 9.17) is 4.74 Å². The van der Waals surface area contributed by atoms with Gasteiger partial charge in [0.25, 0.3) is 0 Å². The van der Waals surface area contributed by atoms with Gasteiger partial charge in [-0.1, -0.05) is 42.3 Å². The molecule has 0 spiro atoms. The molecular weight excluding hydrogens is 320 g/mol. The number of esters is 1. The second-order valence-corrected chi connectivity index (χ2v) is 4.94. The van der Waals surface area contributed by atoms with Crippen LogP contribution >= 0.6 is 0 Å². The van der Waals surface area contributed by atoms with Crippen LogP contribution in [0, 0.1) is 11.8 Å². The Balaban J connectivity index is 1.72. The molecule has 0 aliphatic rings. The molecule has 0 aliphatic heterocycles. The third-order valence-electron chi connectivity index (χ3n) is 3.09. The zero-order valence-corrected chi connectivity index (χ0v) is 13.8. The van der Waals surface area contributed by atoms with Crippen LogP contribution in [-0.2, 0) is 16.1 Å². The number of carbonyl (C=O) groups is 2. The summed E-state index contributed by atoms with van der Waals surface area (Å²) in [6.07, 6.45) is -0.0543. The number of alkyl carbamates (subject to hydrolysis) is 1. The van der Waals surface area contributed by atoms with Crippen molar-refractivity contribution < 1.29 is 19.1 Å². The van der Waals surface area contributed by atoms with Crippen molar-refractivity contribution in [2.75, 3.05) is 13.7 Å². The zero-order valence-electron chi connectivity index (χ0n) is 13.8. The van der Waals surface area contributed by atoms with E-state index in [9.17, 15) is 9.59 Å². The van der Waals surface area contributed by atoms with E-state index in [-0.39, 0.29) is 12.3 Å². The summed E-state index contributed by atoms with van der Waals surface area (Å²) >= 11 is 0. The van der Waals surface area contributed by atoms with Crippen LogP contribution in [0.1, 0.15) is 28.2 Å². The van der Waals surface area contributed by atoms with Crippen LogP contribution in [0.5, 0.6) is 0 Å². The standard InChI is InChI=1S/C19H18N2O4/c1-24-18(22)17-12-7-11-16(21-17)10-5-6-13-20-19(23)25-14-15-8-3-2-4-9-15/h2-4,7-9,11-12H,6,13-14H2,1H3,(H,20,23). The first-order chi connectivity index (χ1) is 12.2. The zero-order chi connectivity index (χ0) is 17.9. The molecular formula is C19H18N2O4. The Kier molecular flexibility index (Phi) is 7.01. The summed E-state index contributed by atoms with van der Waals surface area (Å²) in [6.45, 7) is 0.583. The van der Waals surface area contributed by atoms with E-state index in [2.05, 4.69) is 26.9 Å². The van der Waals surface area contributed by atoms with Crippen molar-refractivity contribution in [1.82, 2.24) is 10.3 Å². The summed E-state index contributed by atoms with van der Waals surface area (Å²) in [5.41, 5.74) is 1.60. The van der Waals surface area contributed by atoms with Crippen LogP contribution in [0.25, 0.3) is 0 Å². The average molecular weight is 338 g/mol. The Morgan fingerprint density at radius 2 is 1.92 bits per heavy atom. The number of benzene rings is 1. The number of nitrogens with zero attached hydrogens (tertiary/aromatic N) is 1. The number of carbonyl (C=O) groups excluding carboxylic acids is 2. The van der Waals surface area contributed by atoms with Gasteiger partial charge in [0.1, 0.15) is 18.0 Å². The summed E-state index contributed by atoms with van der Waals surface area (Å²) in [4.78, 5) is 27.0. The number of pyridine rings is 1. The predicted octanol–water partition coefficient (Wildman–Crippen LogP) is 2.54. The topological polar surface area (TPSA) is 77.5 Å². The quantitative estimate of drug-likeness (QED) is 0.515. The summed E-state index contributed by atoms with van der Waals surface area (Å²) in [7, 11) is 1.30. The maximum absolute atomic E-state index is 11.6. The third kappa shape index (κ3) is 6.36. The van der Waals surface area contributed by atoms with Crippen molar-refractivity contribution in [3.63, 3.8) is 0 Å². The number of rotatable bonds is 5. The van der Waals surface area contributed by atoms with Crippen LogP contribution < -0.4 is 5.32 Å². The van der Waals surface area contributed by atoms with Gasteiger partial charge in [0.2, 0.25) is 0 Å². The van der Waals surface area contributed by atoms with E-state index in [0.29, 0.717) is 18.7 Å². The number of aromatic nitrogens is 1. The monoisotopic (exact) mass is 338 g/mol. The Bertz CT molecular complexity index is 779. The van der Waals surface area contributed by atoms with E-state index < -0.39 is 12.1 Å².